The zero-order chi connectivity index (χ0) is 22.4. The first kappa shape index (κ1) is 22.8. The summed E-state index contributed by atoms with van der Waals surface area (Å²) in [5.41, 5.74) is 2.53. The Kier molecular flexibility index (Phi) is 7.70. The third kappa shape index (κ3) is 6.32. The minimum atomic E-state index is -0.363. The maximum absolute atomic E-state index is 12.2. The summed E-state index contributed by atoms with van der Waals surface area (Å²) in [4.78, 5) is 27.7. The lowest BCUT2D eigenvalue weighted by Gasteiger charge is -2.37. The van der Waals surface area contributed by atoms with Gasteiger partial charge in [-0.25, -0.2) is 0 Å². The van der Waals surface area contributed by atoms with Crippen LogP contribution < -0.4 is 20.3 Å². The normalized spacial score (nSPS) is 13.5. The molecule has 1 saturated heterocycles. The molecule has 3 rings (SSSR count). The number of anilines is 2. The van der Waals surface area contributed by atoms with Gasteiger partial charge in [0, 0.05) is 33.1 Å². The number of hydrogen-bond acceptors (Lipinski definition) is 5. The largest absolute Gasteiger partial charge is 0.484 e. The Hall–Kier alpha value is -2.84. The predicted molar refractivity (Wildman–Crippen MR) is 127 cm³/mol. The quantitative estimate of drug-likeness (QED) is 0.667. The van der Waals surface area contributed by atoms with Crippen molar-refractivity contribution in [2.75, 3.05) is 43.0 Å². The molecule has 2 N–H and O–H groups in total. The molecule has 0 atom stereocenters. The fraction of sp³-hybridized carbons (Fsp3) is 0.318. The first-order valence-electron chi connectivity index (χ1n) is 9.93. The lowest BCUT2D eigenvalue weighted by molar-refractivity contribution is -0.129. The van der Waals surface area contributed by atoms with Gasteiger partial charge in [0.25, 0.3) is 5.91 Å². The predicted octanol–water partition coefficient (Wildman–Crippen LogP) is 3.21. The molecule has 0 bridgehead atoms. The van der Waals surface area contributed by atoms with Gasteiger partial charge in [-0.05, 0) is 49.0 Å². The van der Waals surface area contributed by atoms with Crippen molar-refractivity contribution < 1.29 is 14.3 Å². The highest BCUT2D eigenvalue weighted by Crippen LogP contribution is 2.34. The average Bonchev–Trinajstić information content (AvgIpc) is 2.72. The number of nitrogens with zero attached hydrogens (tertiary/aromatic N) is 2. The van der Waals surface area contributed by atoms with Crippen LogP contribution in [0.5, 0.6) is 5.75 Å². The maximum Gasteiger partial charge on any atom is 0.264 e. The van der Waals surface area contributed by atoms with E-state index in [2.05, 4.69) is 15.5 Å². The van der Waals surface area contributed by atoms with Crippen LogP contribution in [0, 0.1) is 6.92 Å². The molecule has 31 heavy (non-hydrogen) atoms. The fourth-order valence-corrected chi connectivity index (χ4v) is 3.87. The summed E-state index contributed by atoms with van der Waals surface area (Å²) in [5, 5.41) is 6.41. The summed E-state index contributed by atoms with van der Waals surface area (Å²) in [6, 6.07) is 12.9. The second kappa shape index (κ2) is 10.5. The van der Waals surface area contributed by atoms with Gasteiger partial charge in [0.2, 0.25) is 5.91 Å². The maximum atomic E-state index is 12.2. The zero-order valence-corrected chi connectivity index (χ0v) is 19.1. The van der Waals surface area contributed by atoms with Gasteiger partial charge in [0.15, 0.2) is 11.7 Å². The van der Waals surface area contributed by atoms with Crippen LogP contribution in [-0.4, -0.2) is 54.6 Å². The summed E-state index contributed by atoms with van der Waals surface area (Å²) in [6.07, 6.45) is 0. The van der Waals surface area contributed by atoms with Crippen molar-refractivity contribution in [3.8, 4) is 5.75 Å². The van der Waals surface area contributed by atoms with Crippen LogP contribution in [-0.2, 0) is 9.59 Å². The van der Waals surface area contributed by atoms with E-state index in [1.807, 2.05) is 37.3 Å². The lowest BCUT2D eigenvalue weighted by Crippen LogP contribution is -2.48. The molecule has 9 heteroatoms. The molecule has 2 amide bonds. The highest BCUT2D eigenvalue weighted by atomic mass is 35.5. The smallest absolute Gasteiger partial charge is 0.264 e. The van der Waals surface area contributed by atoms with Crippen molar-refractivity contribution in [2.45, 2.75) is 13.8 Å². The number of hydrogen-bond donors (Lipinski definition) is 2. The number of aryl methyl sites for hydroxylation is 1. The van der Waals surface area contributed by atoms with Crippen LogP contribution in [0.1, 0.15) is 12.5 Å². The van der Waals surface area contributed by atoms with E-state index in [1.54, 1.807) is 24.0 Å². The third-order valence-electron chi connectivity index (χ3n) is 4.89. The number of carbonyl (C=O) groups is 2. The average molecular weight is 461 g/mol. The number of amides is 2. The van der Waals surface area contributed by atoms with Gasteiger partial charge in [-0.1, -0.05) is 29.8 Å². The van der Waals surface area contributed by atoms with Crippen LogP contribution in [0.2, 0.25) is 5.02 Å². The molecule has 1 fully saturated rings. The molecule has 0 unspecified atom stereocenters. The van der Waals surface area contributed by atoms with Crippen molar-refractivity contribution >= 4 is 52.1 Å². The molecule has 7 nitrogen and oxygen atoms in total. The van der Waals surface area contributed by atoms with Gasteiger partial charge in [0.05, 0.1) is 16.4 Å². The van der Waals surface area contributed by atoms with Gasteiger partial charge in [-0.2, -0.15) is 0 Å². The first-order valence-corrected chi connectivity index (χ1v) is 10.7. The van der Waals surface area contributed by atoms with Crippen molar-refractivity contribution in [2.24, 2.45) is 0 Å². The van der Waals surface area contributed by atoms with Crippen molar-refractivity contribution in [3.63, 3.8) is 0 Å². The molecule has 0 aromatic heterocycles. The number of thiocarbonyl (C=S) groups is 1. The Labute approximate surface area is 192 Å². The second-order valence-electron chi connectivity index (χ2n) is 7.24. The van der Waals surface area contributed by atoms with Crippen LogP contribution in [0.3, 0.4) is 0 Å². The second-order valence-corrected chi connectivity index (χ2v) is 8.05. The molecule has 1 heterocycles. The van der Waals surface area contributed by atoms with E-state index < -0.39 is 0 Å². The molecule has 0 saturated carbocycles. The summed E-state index contributed by atoms with van der Waals surface area (Å²) in [5.74, 6) is 0.322. The molecule has 2 aromatic carbocycles. The molecule has 0 aliphatic carbocycles. The van der Waals surface area contributed by atoms with Gasteiger partial charge >= 0.3 is 0 Å². The summed E-state index contributed by atoms with van der Waals surface area (Å²) in [7, 11) is 0. The minimum absolute atomic E-state index is 0.0638. The van der Waals surface area contributed by atoms with Gasteiger partial charge in [-0.3, -0.25) is 14.9 Å². The van der Waals surface area contributed by atoms with Crippen molar-refractivity contribution in [3.05, 3.63) is 53.1 Å². The number of rotatable bonds is 5. The Bertz CT molecular complexity index is 977. The van der Waals surface area contributed by atoms with Gasteiger partial charge in [-0.15, -0.1) is 0 Å². The summed E-state index contributed by atoms with van der Waals surface area (Å²) in [6.45, 7) is 5.93. The zero-order valence-electron chi connectivity index (χ0n) is 17.5. The molecular weight excluding hydrogens is 436 g/mol. The highest BCUT2D eigenvalue weighted by Gasteiger charge is 2.23. The van der Waals surface area contributed by atoms with Gasteiger partial charge < -0.3 is 19.9 Å². The standard InChI is InChI=1S/C22H25ClN4O3S/c1-15-5-3-6-17(13-15)30-14-20(29)25-22(31)24-19-8-4-7-18(23)21(19)27-11-9-26(10-12-27)16(2)28/h3-8,13H,9-12,14H2,1-2H3,(H2,24,25,29,31). The molecule has 0 radical (unpaired) electrons. The van der Waals surface area contributed by atoms with Crippen LogP contribution in [0.25, 0.3) is 0 Å². The van der Waals surface area contributed by atoms with Crippen LogP contribution in [0.15, 0.2) is 42.5 Å². The fourth-order valence-electron chi connectivity index (χ4n) is 3.35. The van der Waals surface area contributed by atoms with Crippen LogP contribution in [0.4, 0.5) is 11.4 Å². The SMILES string of the molecule is CC(=O)N1CCN(c2c(Cl)cccc2NC(=S)NC(=O)COc2cccc(C)c2)CC1. The number of para-hydroxylation sites is 1. The number of piperazine rings is 1. The number of ether oxygens (including phenoxy) is 1. The van der Waals surface area contributed by atoms with E-state index >= 15 is 0 Å². The Morgan fingerprint density at radius 2 is 1.84 bits per heavy atom. The molecule has 164 valence electrons. The Morgan fingerprint density at radius 1 is 1.13 bits per heavy atom. The monoisotopic (exact) mass is 460 g/mol. The molecule has 1 aliphatic rings. The Balaban J connectivity index is 1.59. The van der Waals surface area contributed by atoms with E-state index in [1.165, 1.54) is 0 Å². The van der Waals surface area contributed by atoms with Gasteiger partial charge in [0.1, 0.15) is 5.75 Å². The molecule has 0 spiro atoms. The Morgan fingerprint density at radius 3 is 2.52 bits per heavy atom. The first-order chi connectivity index (χ1) is 14.8. The van der Waals surface area contributed by atoms with E-state index in [0.29, 0.717) is 42.6 Å². The molecular formula is C22H25ClN4O3S. The van der Waals surface area contributed by atoms with E-state index in [4.69, 9.17) is 28.6 Å². The number of benzene rings is 2. The molecule has 1 aliphatic heterocycles. The van der Waals surface area contributed by atoms with Crippen LogP contribution >= 0.6 is 23.8 Å². The molecule has 2 aromatic rings. The number of carbonyl (C=O) groups excluding carboxylic acids is 2. The summed E-state index contributed by atoms with van der Waals surface area (Å²) >= 11 is 11.8. The minimum Gasteiger partial charge on any atom is -0.484 e. The summed E-state index contributed by atoms with van der Waals surface area (Å²) < 4.78 is 5.51. The highest BCUT2D eigenvalue weighted by molar-refractivity contribution is 7.80. The van der Waals surface area contributed by atoms with E-state index in [0.717, 1.165) is 11.3 Å². The third-order valence-corrected chi connectivity index (χ3v) is 5.40. The number of halogens is 1. The van der Waals surface area contributed by atoms with Crippen molar-refractivity contribution in [1.29, 1.82) is 0 Å². The topological polar surface area (TPSA) is 73.9 Å². The lowest BCUT2D eigenvalue weighted by atomic mass is 10.2. The van der Waals surface area contributed by atoms with Crippen molar-refractivity contribution in [1.82, 2.24) is 10.2 Å². The number of nitrogens with one attached hydrogen (secondary N) is 2. The van der Waals surface area contributed by atoms with E-state index in [-0.39, 0.29) is 23.5 Å². The van der Waals surface area contributed by atoms with E-state index in [9.17, 15) is 9.59 Å².